The minimum absolute atomic E-state index is 0.294. The van der Waals surface area contributed by atoms with Crippen molar-refractivity contribution in [3.05, 3.63) is 41.5 Å². The molecule has 3 N–H and O–H groups in total. The molecule has 112 valence electrons. The Morgan fingerprint density at radius 2 is 2.00 bits per heavy atom. The highest BCUT2D eigenvalue weighted by Crippen LogP contribution is 2.29. The minimum atomic E-state index is -0.294. The van der Waals surface area contributed by atoms with Crippen molar-refractivity contribution >= 4 is 17.3 Å². The molecule has 0 unspecified atom stereocenters. The molecule has 0 amide bonds. The van der Waals surface area contributed by atoms with Gasteiger partial charge in [0.15, 0.2) is 0 Å². The lowest BCUT2D eigenvalue weighted by Gasteiger charge is -2.22. The zero-order chi connectivity index (χ0) is 15.4. The van der Waals surface area contributed by atoms with E-state index in [-0.39, 0.29) is 5.82 Å². The molecule has 2 rings (SSSR count). The smallest absolute Gasteiger partial charge is 0.148 e. The van der Waals surface area contributed by atoms with Crippen LogP contribution in [-0.4, -0.2) is 17.0 Å². The maximum Gasteiger partial charge on any atom is 0.148 e. The Kier molecular flexibility index (Phi) is 4.70. The largest absolute Gasteiger partial charge is 0.327 e. The molecule has 0 aliphatic carbocycles. The molecule has 0 atom stereocenters. The number of rotatable bonds is 5. The molecule has 1 aromatic heterocycles. The normalized spacial score (nSPS) is 10.5. The summed E-state index contributed by atoms with van der Waals surface area (Å²) in [7, 11) is 1.78. The van der Waals surface area contributed by atoms with E-state index in [1.54, 1.807) is 30.1 Å². The summed E-state index contributed by atoms with van der Waals surface area (Å²) in [6.45, 7) is 3.91. The summed E-state index contributed by atoms with van der Waals surface area (Å²) in [4.78, 5) is 10.6. The Morgan fingerprint density at radius 3 is 2.62 bits per heavy atom. The second-order valence-electron chi connectivity index (χ2n) is 4.84. The average Bonchev–Trinajstić information content (AvgIpc) is 2.49. The van der Waals surface area contributed by atoms with Crippen molar-refractivity contribution in [3.63, 3.8) is 0 Å². The number of nitrogens with one attached hydrogen (secondary N) is 1. The lowest BCUT2D eigenvalue weighted by atomic mass is 10.2. The fraction of sp³-hybridized carbons (Fsp3) is 0.333. The van der Waals surface area contributed by atoms with Crippen LogP contribution < -0.4 is 16.2 Å². The molecule has 0 saturated heterocycles. The fourth-order valence-corrected chi connectivity index (χ4v) is 2.19. The molecule has 0 spiro atoms. The van der Waals surface area contributed by atoms with Gasteiger partial charge in [-0.2, -0.15) is 0 Å². The molecular formula is C15H20FN5. The number of hydrogen-bond donors (Lipinski definition) is 2. The Morgan fingerprint density at radius 1 is 1.29 bits per heavy atom. The number of para-hydroxylation sites is 1. The molecule has 1 aromatic carbocycles. The topological polar surface area (TPSA) is 67.1 Å². The van der Waals surface area contributed by atoms with Crippen molar-refractivity contribution in [1.82, 2.24) is 9.97 Å². The molecule has 2 aromatic rings. The van der Waals surface area contributed by atoms with E-state index >= 15 is 0 Å². The molecule has 0 bridgehead atoms. The summed E-state index contributed by atoms with van der Waals surface area (Å²) >= 11 is 0. The monoisotopic (exact) mass is 289 g/mol. The second-order valence-corrected chi connectivity index (χ2v) is 4.84. The van der Waals surface area contributed by atoms with Crippen molar-refractivity contribution in [1.29, 1.82) is 0 Å². The molecule has 5 nitrogen and oxygen atoms in total. The van der Waals surface area contributed by atoms with Crippen LogP contribution in [-0.2, 0) is 6.42 Å². The number of nitrogen functional groups attached to an aromatic ring is 1. The Balaban J connectivity index is 2.51. The number of nitrogens with zero attached hydrogens (tertiary/aromatic N) is 3. The summed E-state index contributed by atoms with van der Waals surface area (Å²) in [5, 5.41) is 0. The van der Waals surface area contributed by atoms with E-state index in [0.29, 0.717) is 23.1 Å². The number of aryl methyl sites for hydroxylation is 1. The molecular weight excluding hydrogens is 269 g/mol. The van der Waals surface area contributed by atoms with Gasteiger partial charge in [-0.15, -0.1) is 0 Å². The Labute approximate surface area is 124 Å². The van der Waals surface area contributed by atoms with Gasteiger partial charge in [-0.3, -0.25) is 0 Å². The van der Waals surface area contributed by atoms with Crippen molar-refractivity contribution in [3.8, 4) is 0 Å². The lowest BCUT2D eigenvalue weighted by Crippen LogP contribution is -2.19. The first kappa shape index (κ1) is 15.2. The first-order valence-corrected chi connectivity index (χ1v) is 6.90. The summed E-state index contributed by atoms with van der Waals surface area (Å²) in [6, 6.07) is 6.60. The van der Waals surface area contributed by atoms with Crippen LogP contribution in [0.3, 0.4) is 0 Å². The van der Waals surface area contributed by atoms with Crippen LogP contribution >= 0.6 is 0 Å². The van der Waals surface area contributed by atoms with Crippen LogP contribution in [0.15, 0.2) is 24.3 Å². The number of aromatic nitrogens is 2. The molecule has 6 heteroatoms. The van der Waals surface area contributed by atoms with Crippen LogP contribution in [0.2, 0.25) is 0 Å². The standard InChI is InChI=1S/C15H20FN5/c1-4-7-13-18-14(20-17)10(2)15(19-13)21(3)12-9-6-5-8-11(12)16/h5-6,8-9H,4,7,17H2,1-3H3,(H,18,19,20). The van der Waals surface area contributed by atoms with Gasteiger partial charge in [0.05, 0.1) is 5.69 Å². The fourth-order valence-electron chi connectivity index (χ4n) is 2.19. The van der Waals surface area contributed by atoms with Crippen LogP contribution in [0.4, 0.5) is 21.7 Å². The molecule has 0 radical (unpaired) electrons. The number of nitrogens with two attached hydrogens (primary N) is 1. The van der Waals surface area contributed by atoms with E-state index in [4.69, 9.17) is 5.84 Å². The van der Waals surface area contributed by atoms with E-state index in [0.717, 1.165) is 18.4 Å². The average molecular weight is 289 g/mol. The van der Waals surface area contributed by atoms with Gasteiger partial charge in [0, 0.05) is 19.0 Å². The van der Waals surface area contributed by atoms with Crippen molar-refractivity contribution in [2.45, 2.75) is 26.7 Å². The summed E-state index contributed by atoms with van der Waals surface area (Å²) in [6.07, 6.45) is 1.67. The highest BCUT2D eigenvalue weighted by molar-refractivity contribution is 5.66. The highest BCUT2D eigenvalue weighted by Gasteiger charge is 2.16. The first-order valence-electron chi connectivity index (χ1n) is 6.90. The van der Waals surface area contributed by atoms with Crippen LogP contribution in [0.5, 0.6) is 0 Å². The third kappa shape index (κ3) is 3.11. The third-order valence-corrected chi connectivity index (χ3v) is 3.31. The van der Waals surface area contributed by atoms with Crippen LogP contribution in [0.25, 0.3) is 0 Å². The quantitative estimate of drug-likeness (QED) is 0.654. The predicted molar refractivity (Wildman–Crippen MR) is 83.0 cm³/mol. The van der Waals surface area contributed by atoms with Gasteiger partial charge in [-0.25, -0.2) is 20.2 Å². The number of halogens is 1. The first-order chi connectivity index (χ1) is 10.1. The van der Waals surface area contributed by atoms with Crippen molar-refractivity contribution in [2.24, 2.45) is 5.84 Å². The number of hydrogen-bond acceptors (Lipinski definition) is 5. The van der Waals surface area contributed by atoms with Crippen LogP contribution in [0, 0.1) is 12.7 Å². The molecule has 0 aliphatic rings. The molecule has 0 fully saturated rings. The van der Waals surface area contributed by atoms with E-state index in [1.165, 1.54) is 6.07 Å². The SMILES string of the molecule is CCCc1nc(NN)c(C)c(N(C)c2ccccc2F)n1. The summed E-state index contributed by atoms with van der Waals surface area (Å²) in [5.74, 6) is 7.12. The zero-order valence-electron chi connectivity index (χ0n) is 12.5. The van der Waals surface area contributed by atoms with E-state index in [9.17, 15) is 4.39 Å². The van der Waals surface area contributed by atoms with Gasteiger partial charge >= 0.3 is 0 Å². The second kappa shape index (κ2) is 6.49. The zero-order valence-corrected chi connectivity index (χ0v) is 12.5. The number of benzene rings is 1. The van der Waals surface area contributed by atoms with Gasteiger partial charge in [0.2, 0.25) is 0 Å². The highest BCUT2D eigenvalue weighted by atomic mass is 19.1. The number of hydrazine groups is 1. The van der Waals surface area contributed by atoms with Crippen molar-refractivity contribution < 1.29 is 4.39 Å². The molecule has 0 aliphatic heterocycles. The molecule has 21 heavy (non-hydrogen) atoms. The van der Waals surface area contributed by atoms with E-state index in [1.807, 2.05) is 6.92 Å². The Hall–Kier alpha value is -2.21. The maximum absolute atomic E-state index is 14.0. The van der Waals surface area contributed by atoms with Gasteiger partial charge in [0.1, 0.15) is 23.3 Å². The number of anilines is 3. The summed E-state index contributed by atoms with van der Waals surface area (Å²) in [5.41, 5.74) is 3.83. The molecule has 0 saturated carbocycles. The van der Waals surface area contributed by atoms with Gasteiger partial charge < -0.3 is 10.3 Å². The summed E-state index contributed by atoms with van der Waals surface area (Å²) < 4.78 is 14.0. The van der Waals surface area contributed by atoms with Crippen LogP contribution in [0.1, 0.15) is 24.7 Å². The third-order valence-electron chi connectivity index (χ3n) is 3.31. The minimum Gasteiger partial charge on any atom is -0.327 e. The lowest BCUT2D eigenvalue weighted by molar-refractivity contribution is 0.627. The van der Waals surface area contributed by atoms with Gasteiger partial charge in [-0.1, -0.05) is 19.1 Å². The Bertz CT molecular complexity index is 629. The van der Waals surface area contributed by atoms with E-state index in [2.05, 4.69) is 22.3 Å². The predicted octanol–water partition coefficient (Wildman–Crippen LogP) is 2.93. The van der Waals surface area contributed by atoms with Gasteiger partial charge in [-0.05, 0) is 25.5 Å². The van der Waals surface area contributed by atoms with Crippen molar-refractivity contribution in [2.75, 3.05) is 17.4 Å². The van der Waals surface area contributed by atoms with Gasteiger partial charge in [0.25, 0.3) is 0 Å². The van der Waals surface area contributed by atoms with E-state index < -0.39 is 0 Å². The maximum atomic E-state index is 14.0. The molecule has 1 heterocycles.